The Morgan fingerprint density at radius 3 is 2.44 bits per heavy atom. The highest BCUT2D eigenvalue weighted by Crippen LogP contribution is 2.31. The van der Waals surface area contributed by atoms with Gasteiger partial charge in [-0.05, 0) is 60.6 Å². The smallest absolute Gasteiger partial charge is 0.406 e. The summed E-state index contributed by atoms with van der Waals surface area (Å²) in [6.07, 6.45) is 1.34. The van der Waals surface area contributed by atoms with Crippen LogP contribution in [0.4, 0.5) is 24.7 Å². The lowest BCUT2D eigenvalue weighted by Crippen LogP contribution is -2.20. The third kappa shape index (κ3) is 7.46. The number of pyridine rings is 1. The molecule has 0 aliphatic carbocycles. The van der Waals surface area contributed by atoms with E-state index in [0.717, 1.165) is 36.2 Å². The zero-order valence-corrected chi connectivity index (χ0v) is 19.7. The zero-order chi connectivity index (χ0) is 23.9. The fourth-order valence-electron chi connectivity index (χ4n) is 3.27. The Balaban J connectivity index is 2.29. The topological polar surface area (TPSA) is 46.2 Å². The average Bonchev–Trinajstić information content (AvgIpc) is 2.72. The Morgan fingerprint density at radius 2 is 1.88 bits per heavy atom. The van der Waals surface area contributed by atoms with Gasteiger partial charge in [-0.15, -0.1) is 13.2 Å². The summed E-state index contributed by atoms with van der Waals surface area (Å²) in [6, 6.07) is 6.48. The molecule has 0 spiro atoms. The zero-order valence-electron chi connectivity index (χ0n) is 19.7. The normalized spacial score (nSPS) is 13.2. The predicted molar refractivity (Wildman–Crippen MR) is 125 cm³/mol. The number of hydrogen-bond donors (Lipinski definition) is 2. The van der Waals surface area contributed by atoms with Crippen molar-refractivity contribution in [2.45, 2.75) is 66.7 Å². The van der Waals surface area contributed by atoms with Crippen molar-refractivity contribution in [3.63, 3.8) is 0 Å². The number of nitrogens with zero attached hydrogens (tertiary/aromatic N) is 1. The number of benzene rings is 1. The van der Waals surface area contributed by atoms with Crippen molar-refractivity contribution >= 4 is 17.2 Å². The molecular weight excluding hydrogens is 415 g/mol. The van der Waals surface area contributed by atoms with Crippen molar-refractivity contribution in [2.24, 2.45) is 5.92 Å². The molecule has 0 aliphatic rings. The number of hydrogen-bond acceptors (Lipinski definition) is 4. The summed E-state index contributed by atoms with van der Waals surface area (Å²) in [5.41, 5.74) is 4.33. The van der Waals surface area contributed by atoms with Gasteiger partial charge in [0.25, 0.3) is 0 Å². The van der Waals surface area contributed by atoms with Crippen molar-refractivity contribution in [1.29, 1.82) is 0 Å². The first-order valence-electron chi connectivity index (χ1n) is 11.1. The van der Waals surface area contributed by atoms with E-state index in [-0.39, 0.29) is 11.7 Å². The standard InChI is InChI=1S/C25H34F3N3O/c1-7-9-22(29-14-17(5)8-2)21-15-30-24(13-20(21)16(3)4)31-19-10-11-23(18(6)12-19)32-25(26,27)28/h9-13,15-17,29H,7-8,14H2,1-6H3,(H,30,31). The fraction of sp³-hybridized carbons (Fsp3) is 0.480. The predicted octanol–water partition coefficient (Wildman–Crippen LogP) is 7.54. The van der Waals surface area contributed by atoms with Crippen LogP contribution in [-0.4, -0.2) is 17.9 Å². The molecule has 1 heterocycles. The largest absolute Gasteiger partial charge is 0.573 e. The van der Waals surface area contributed by atoms with E-state index in [1.165, 1.54) is 6.07 Å². The van der Waals surface area contributed by atoms with Gasteiger partial charge in [0.2, 0.25) is 0 Å². The lowest BCUT2D eigenvalue weighted by Gasteiger charge is -2.20. The van der Waals surface area contributed by atoms with E-state index in [0.29, 0.717) is 23.0 Å². The maximum Gasteiger partial charge on any atom is 0.573 e. The molecule has 1 aromatic heterocycles. The van der Waals surface area contributed by atoms with Crippen molar-refractivity contribution in [2.75, 3.05) is 11.9 Å². The van der Waals surface area contributed by atoms with Crippen LogP contribution in [0.3, 0.4) is 0 Å². The van der Waals surface area contributed by atoms with Gasteiger partial charge in [0.05, 0.1) is 0 Å². The Bertz CT molecular complexity index is 923. The fourth-order valence-corrected chi connectivity index (χ4v) is 3.27. The van der Waals surface area contributed by atoms with Crippen LogP contribution >= 0.6 is 0 Å². The maximum absolute atomic E-state index is 12.5. The van der Waals surface area contributed by atoms with Crippen LogP contribution in [0.25, 0.3) is 5.70 Å². The average molecular weight is 450 g/mol. The minimum Gasteiger partial charge on any atom is -0.406 e. The Morgan fingerprint density at radius 1 is 1.16 bits per heavy atom. The summed E-state index contributed by atoms with van der Waals surface area (Å²) in [5, 5.41) is 6.78. The van der Waals surface area contributed by atoms with Gasteiger partial charge in [0, 0.05) is 29.7 Å². The summed E-state index contributed by atoms with van der Waals surface area (Å²) in [5.74, 6) is 1.26. The number of aryl methyl sites for hydroxylation is 1. The molecule has 4 nitrogen and oxygen atoms in total. The first-order valence-corrected chi connectivity index (χ1v) is 11.1. The molecule has 0 amide bonds. The first kappa shape index (κ1) is 25.6. The number of allylic oxidation sites excluding steroid dienone is 1. The van der Waals surface area contributed by atoms with Crippen LogP contribution in [0, 0.1) is 12.8 Å². The number of halogens is 3. The van der Waals surface area contributed by atoms with Crippen LogP contribution in [0.5, 0.6) is 5.75 Å². The van der Waals surface area contributed by atoms with Crippen LogP contribution in [0.2, 0.25) is 0 Å². The van der Waals surface area contributed by atoms with Crippen molar-refractivity contribution in [3.05, 3.63) is 53.2 Å². The van der Waals surface area contributed by atoms with Crippen LogP contribution in [0.15, 0.2) is 36.5 Å². The highest BCUT2D eigenvalue weighted by molar-refractivity contribution is 5.69. The molecule has 0 saturated heterocycles. The summed E-state index contributed by atoms with van der Waals surface area (Å²) in [7, 11) is 0. The Kier molecular flexibility index (Phi) is 8.99. The number of aromatic nitrogens is 1. The van der Waals surface area contributed by atoms with Gasteiger partial charge in [0.1, 0.15) is 11.6 Å². The lowest BCUT2D eigenvalue weighted by atomic mass is 9.96. The van der Waals surface area contributed by atoms with Crippen molar-refractivity contribution in [1.82, 2.24) is 10.3 Å². The number of anilines is 2. The van der Waals surface area contributed by atoms with E-state index < -0.39 is 6.36 Å². The highest BCUT2D eigenvalue weighted by atomic mass is 19.4. The molecule has 2 rings (SSSR count). The Labute approximate surface area is 189 Å². The van der Waals surface area contributed by atoms with Crippen LogP contribution in [-0.2, 0) is 0 Å². The van der Waals surface area contributed by atoms with Crippen LogP contribution < -0.4 is 15.4 Å². The highest BCUT2D eigenvalue weighted by Gasteiger charge is 2.31. The van der Waals surface area contributed by atoms with Gasteiger partial charge in [-0.25, -0.2) is 4.98 Å². The lowest BCUT2D eigenvalue weighted by molar-refractivity contribution is -0.274. The van der Waals surface area contributed by atoms with Gasteiger partial charge in [-0.2, -0.15) is 0 Å². The van der Waals surface area contributed by atoms with Crippen molar-refractivity contribution < 1.29 is 17.9 Å². The molecule has 7 heteroatoms. The van der Waals surface area contributed by atoms with Gasteiger partial charge in [-0.1, -0.05) is 47.1 Å². The van der Waals surface area contributed by atoms with E-state index in [1.54, 1.807) is 19.1 Å². The van der Waals surface area contributed by atoms with E-state index in [4.69, 9.17) is 0 Å². The van der Waals surface area contributed by atoms with E-state index in [2.05, 4.69) is 61.0 Å². The molecule has 1 unspecified atom stereocenters. The summed E-state index contributed by atoms with van der Waals surface area (Å²) < 4.78 is 41.6. The minimum atomic E-state index is -4.71. The van der Waals surface area contributed by atoms with Crippen LogP contribution in [0.1, 0.15) is 70.1 Å². The monoisotopic (exact) mass is 449 g/mol. The number of rotatable bonds is 10. The van der Waals surface area contributed by atoms with E-state index in [1.807, 2.05) is 12.3 Å². The summed E-state index contributed by atoms with van der Waals surface area (Å²) >= 11 is 0. The molecule has 2 aromatic rings. The van der Waals surface area contributed by atoms with Gasteiger partial charge in [0.15, 0.2) is 0 Å². The SMILES string of the molecule is CCC=C(NCC(C)CC)c1cnc(Nc2ccc(OC(F)(F)F)c(C)c2)cc1C(C)C. The third-order valence-electron chi connectivity index (χ3n) is 5.27. The second-order valence-corrected chi connectivity index (χ2v) is 8.38. The number of alkyl halides is 3. The molecule has 1 aromatic carbocycles. The molecule has 0 radical (unpaired) electrons. The molecule has 0 saturated carbocycles. The van der Waals surface area contributed by atoms with Crippen molar-refractivity contribution in [3.8, 4) is 5.75 Å². The summed E-state index contributed by atoms with van der Waals surface area (Å²) in [6.45, 7) is 13.2. The Hall–Kier alpha value is -2.70. The molecule has 0 bridgehead atoms. The quantitative estimate of drug-likeness (QED) is 0.393. The van der Waals surface area contributed by atoms with E-state index >= 15 is 0 Å². The minimum absolute atomic E-state index is 0.212. The molecule has 0 aliphatic heterocycles. The molecular formula is C25H34F3N3O. The molecule has 1 atom stereocenters. The summed E-state index contributed by atoms with van der Waals surface area (Å²) in [4.78, 5) is 4.58. The molecule has 176 valence electrons. The van der Waals surface area contributed by atoms with E-state index in [9.17, 15) is 13.2 Å². The number of ether oxygens (including phenoxy) is 1. The van der Waals surface area contributed by atoms with Gasteiger partial charge in [-0.3, -0.25) is 0 Å². The first-order chi connectivity index (χ1) is 15.0. The molecule has 32 heavy (non-hydrogen) atoms. The van der Waals surface area contributed by atoms with Gasteiger partial charge >= 0.3 is 6.36 Å². The third-order valence-corrected chi connectivity index (χ3v) is 5.27. The second-order valence-electron chi connectivity index (χ2n) is 8.38. The molecule has 2 N–H and O–H groups in total. The maximum atomic E-state index is 12.5. The number of nitrogens with one attached hydrogen (secondary N) is 2. The van der Waals surface area contributed by atoms with Gasteiger partial charge < -0.3 is 15.4 Å². The second kappa shape index (κ2) is 11.2. The molecule has 0 fully saturated rings.